The van der Waals surface area contributed by atoms with Crippen LogP contribution in [-0.2, 0) is 4.79 Å². The van der Waals surface area contributed by atoms with E-state index >= 15 is 0 Å². The van der Waals surface area contributed by atoms with Crippen LogP contribution in [0.4, 0.5) is 16.2 Å². The van der Waals surface area contributed by atoms with Gasteiger partial charge in [-0.3, -0.25) is 4.79 Å². The van der Waals surface area contributed by atoms with Gasteiger partial charge in [0.1, 0.15) is 0 Å². The Morgan fingerprint density at radius 2 is 1.67 bits per heavy atom. The second kappa shape index (κ2) is 8.61. The van der Waals surface area contributed by atoms with Gasteiger partial charge in [0, 0.05) is 38.8 Å². The van der Waals surface area contributed by atoms with Crippen molar-refractivity contribution in [3.8, 4) is 0 Å². The second-order valence-electron chi connectivity index (χ2n) is 5.28. The van der Waals surface area contributed by atoms with Crippen molar-refractivity contribution in [3.63, 3.8) is 0 Å². The van der Waals surface area contributed by atoms with Crippen LogP contribution < -0.4 is 16.4 Å². The van der Waals surface area contributed by atoms with E-state index in [9.17, 15) is 4.79 Å². The van der Waals surface area contributed by atoms with Gasteiger partial charge in [-0.05, 0) is 30.7 Å². The zero-order chi connectivity index (χ0) is 18.3. The quantitative estimate of drug-likeness (QED) is 0.461. The molecule has 1 heterocycles. The first-order chi connectivity index (χ1) is 11.2. The summed E-state index contributed by atoms with van der Waals surface area (Å²) >= 11 is 0. The summed E-state index contributed by atoms with van der Waals surface area (Å²) in [5.74, 6) is 0.205. The first-order valence-corrected chi connectivity index (χ1v) is 7.33. The number of guanidine groups is 1. The van der Waals surface area contributed by atoms with Crippen molar-refractivity contribution >= 4 is 29.4 Å². The lowest BCUT2D eigenvalue weighted by molar-refractivity contribution is -0.129. The van der Waals surface area contributed by atoms with E-state index in [-0.39, 0.29) is 11.9 Å². The van der Waals surface area contributed by atoms with Crippen LogP contribution in [0.3, 0.4) is 0 Å². The number of nitrogens with zero attached hydrogens (tertiary/aromatic N) is 3. The van der Waals surface area contributed by atoms with E-state index in [4.69, 9.17) is 26.5 Å². The second-order valence-corrected chi connectivity index (χ2v) is 5.28. The number of nitrogens with two attached hydrogens (primary N) is 2. The van der Waals surface area contributed by atoms with Crippen molar-refractivity contribution in [1.82, 2.24) is 4.90 Å². The average molecular weight is 337 g/mol. The third-order valence-electron chi connectivity index (χ3n) is 3.50. The summed E-state index contributed by atoms with van der Waals surface area (Å²) in [5.41, 5.74) is 13.8. The van der Waals surface area contributed by atoms with Crippen molar-refractivity contribution in [2.75, 3.05) is 31.1 Å². The highest BCUT2D eigenvalue weighted by atomic mass is 16.6. The molecule has 1 fully saturated rings. The molecule has 1 aromatic carbocycles. The van der Waals surface area contributed by atoms with Gasteiger partial charge in [0.25, 0.3) is 0 Å². The number of carbonyl (C=O) groups is 2. The number of anilines is 1. The molecule has 0 radical (unpaired) electrons. The molecule has 0 unspecified atom stereocenters. The molecule has 9 nitrogen and oxygen atoms in total. The molecule has 2 rings (SSSR count). The molecule has 6 N–H and O–H groups in total. The zero-order valence-electron chi connectivity index (χ0n) is 13.8. The fourth-order valence-electron chi connectivity index (χ4n) is 2.48. The minimum absolute atomic E-state index is 0.0622. The third-order valence-corrected chi connectivity index (χ3v) is 3.50. The molecular weight excluding hydrogens is 314 g/mol. The predicted molar refractivity (Wildman–Crippen MR) is 91.8 cm³/mol. The van der Waals surface area contributed by atoms with Crippen LogP contribution in [0.25, 0.3) is 0 Å². The normalized spacial score (nSPS) is 13.6. The van der Waals surface area contributed by atoms with Gasteiger partial charge in [0.05, 0.1) is 5.69 Å². The maximum atomic E-state index is 11.3. The molecule has 24 heavy (non-hydrogen) atoms. The Labute approximate surface area is 140 Å². The number of aliphatic imine (C=N–C) groups is 1. The molecular formula is C15H23N5O4. The lowest BCUT2D eigenvalue weighted by atomic mass is 10.1. The van der Waals surface area contributed by atoms with Gasteiger partial charge in [-0.15, -0.1) is 0 Å². The predicted octanol–water partition coefficient (Wildman–Crippen LogP) is 0.791. The molecule has 1 saturated heterocycles. The molecule has 0 atom stereocenters. The highest BCUT2D eigenvalue weighted by Gasteiger charge is 2.19. The number of carbonyl (C=O) groups excluding carboxylic acids is 1. The molecule has 1 aromatic rings. The van der Waals surface area contributed by atoms with Crippen LogP contribution in [0.5, 0.6) is 0 Å². The van der Waals surface area contributed by atoms with Gasteiger partial charge in [-0.25, -0.2) is 9.79 Å². The number of carboxylic acid groups (broad SMARTS) is 2. The standard InChI is InChI=1S/C14H21N5O.CH2O3/c1-10-9-12(17-14(15)16)3-4-13(10)19-7-5-18(6-8-19)11(2)20;2-1(3)4/h3-4,9H,5-8H2,1-2H3,(H4,15,16,17);(H2,2,3,4). The zero-order valence-corrected chi connectivity index (χ0v) is 13.8. The Morgan fingerprint density at radius 3 is 2.08 bits per heavy atom. The van der Waals surface area contributed by atoms with Gasteiger partial charge in [-0.2, -0.15) is 0 Å². The van der Waals surface area contributed by atoms with E-state index in [0.717, 1.165) is 37.4 Å². The molecule has 1 aliphatic rings. The summed E-state index contributed by atoms with van der Waals surface area (Å²) in [5, 5.41) is 13.9. The van der Waals surface area contributed by atoms with Gasteiger partial charge >= 0.3 is 6.16 Å². The van der Waals surface area contributed by atoms with E-state index < -0.39 is 6.16 Å². The number of rotatable bonds is 2. The van der Waals surface area contributed by atoms with Gasteiger partial charge in [0.15, 0.2) is 5.96 Å². The Kier molecular flexibility index (Phi) is 6.84. The molecule has 0 spiro atoms. The summed E-state index contributed by atoms with van der Waals surface area (Å²) in [6.45, 7) is 6.89. The van der Waals surface area contributed by atoms with Gasteiger partial charge < -0.3 is 31.5 Å². The monoisotopic (exact) mass is 337 g/mol. The minimum atomic E-state index is -1.83. The van der Waals surface area contributed by atoms with Gasteiger partial charge in [0.2, 0.25) is 5.91 Å². The Morgan fingerprint density at radius 1 is 1.12 bits per heavy atom. The van der Waals surface area contributed by atoms with Crippen LogP contribution in [0.15, 0.2) is 23.2 Å². The van der Waals surface area contributed by atoms with E-state index in [2.05, 4.69) is 9.89 Å². The lowest BCUT2D eigenvalue weighted by Crippen LogP contribution is -2.48. The molecule has 1 aliphatic heterocycles. The van der Waals surface area contributed by atoms with E-state index in [1.807, 2.05) is 30.0 Å². The van der Waals surface area contributed by atoms with Crippen molar-refractivity contribution < 1.29 is 19.8 Å². The van der Waals surface area contributed by atoms with Crippen LogP contribution in [0.2, 0.25) is 0 Å². The molecule has 0 aliphatic carbocycles. The minimum Gasteiger partial charge on any atom is -0.450 e. The average Bonchev–Trinajstić information content (AvgIpc) is 2.46. The number of piperazine rings is 1. The Balaban J connectivity index is 0.000000648. The fourth-order valence-corrected chi connectivity index (χ4v) is 2.48. The first kappa shape index (κ1) is 19.1. The summed E-state index contributed by atoms with van der Waals surface area (Å²) in [7, 11) is 0. The summed E-state index contributed by atoms with van der Waals surface area (Å²) in [6, 6.07) is 5.90. The highest BCUT2D eigenvalue weighted by molar-refractivity contribution is 5.79. The summed E-state index contributed by atoms with van der Waals surface area (Å²) in [4.78, 5) is 28.1. The number of hydrogen-bond donors (Lipinski definition) is 4. The van der Waals surface area contributed by atoms with Crippen LogP contribution >= 0.6 is 0 Å². The third kappa shape index (κ3) is 6.03. The summed E-state index contributed by atoms with van der Waals surface area (Å²) in [6.07, 6.45) is -1.83. The maximum absolute atomic E-state index is 11.3. The lowest BCUT2D eigenvalue weighted by Gasteiger charge is -2.36. The van der Waals surface area contributed by atoms with Crippen molar-refractivity contribution in [3.05, 3.63) is 23.8 Å². The fraction of sp³-hybridized carbons (Fsp3) is 0.400. The van der Waals surface area contributed by atoms with Gasteiger partial charge in [-0.1, -0.05) is 0 Å². The van der Waals surface area contributed by atoms with Crippen LogP contribution in [-0.4, -0.2) is 59.3 Å². The maximum Gasteiger partial charge on any atom is 0.503 e. The SMILES string of the molecule is CC(=O)N1CCN(c2ccc(N=C(N)N)cc2C)CC1.O=C(O)O. The smallest absolute Gasteiger partial charge is 0.450 e. The number of benzene rings is 1. The summed E-state index contributed by atoms with van der Waals surface area (Å²) < 4.78 is 0. The van der Waals surface area contributed by atoms with Crippen molar-refractivity contribution in [2.45, 2.75) is 13.8 Å². The van der Waals surface area contributed by atoms with E-state index in [1.54, 1.807) is 6.92 Å². The number of amides is 1. The van der Waals surface area contributed by atoms with Crippen molar-refractivity contribution in [1.29, 1.82) is 0 Å². The van der Waals surface area contributed by atoms with Crippen LogP contribution in [0, 0.1) is 6.92 Å². The Bertz CT molecular complexity index is 616. The largest absolute Gasteiger partial charge is 0.503 e. The van der Waals surface area contributed by atoms with Crippen LogP contribution in [0.1, 0.15) is 12.5 Å². The molecule has 9 heteroatoms. The highest BCUT2D eigenvalue weighted by Crippen LogP contribution is 2.26. The molecule has 0 bridgehead atoms. The number of aryl methyl sites for hydroxylation is 1. The molecule has 132 valence electrons. The molecule has 1 amide bonds. The van der Waals surface area contributed by atoms with E-state index in [1.165, 1.54) is 5.69 Å². The molecule has 0 saturated carbocycles. The first-order valence-electron chi connectivity index (χ1n) is 7.33. The van der Waals surface area contributed by atoms with Crippen molar-refractivity contribution in [2.24, 2.45) is 16.5 Å². The van der Waals surface area contributed by atoms with E-state index in [0.29, 0.717) is 0 Å². The molecule has 0 aromatic heterocycles. The number of hydrogen-bond acceptors (Lipinski definition) is 4. The topological polar surface area (TPSA) is 145 Å². The Hall–Kier alpha value is -2.97.